The summed E-state index contributed by atoms with van der Waals surface area (Å²) in [6, 6.07) is 4.27. The third-order valence-electron chi connectivity index (χ3n) is 5.77. The van der Waals surface area contributed by atoms with Gasteiger partial charge in [-0.15, -0.1) is 0 Å². The van der Waals surface area contributed by atoms with Crippen LogP contribution in [-0.4, -0.2) is 20.3 Å². The van der Waals surface area contributed by atoms with E-state index in [1.807, 2.05) is 6.07 Å². The van der Waals surface area contributed by atoms with Gasteiger partial charge in [-0.3, -0.25) is 0 Å². The summed E-state index contributed by atoms with van der Waals surface area (Å²) in [5.74, 6) is 3.44. The first-order chi connectivity index (χ1) is 10.3. The van der Waals surface area contributed by atoms with Crippen LogP contribution in [0, 0.1) is 5.92 Å². The van der Waals surface area contributed by atoms with Crippen LogP contribution in [-0.2, 0) is 16.6 Å². The Labute approximate surface area is 125 Å². The van der Waals surface area contributed by atoms with E-state index in [2.05, 4.69) is 19.1 Å². The molecule has 0 N–H and O–H groups in total. The van der Waals surface area contributed by atoms with Crippen LogP contribution in [0.25, 0.3) is 0 Å². The molecule has 0 radical (unpaired) electrons. The Balaban J connectivity index is 1.99. The second-order valence-corrected chi connectivity index (χ2v) is 6.30. The van der Waals surface area contributed by atoms with Crippen LogP contribution in [0.3, 0.4) is 0 Å². The van der Waals surface area contributed by atoms with Gasteiger partial charge >= 0.3 is 0 Å². The fraction of sp³-hybridized carbons (Fsp3) is 0.556. The van der Waals surface area contributed by atoms with Gasteiger partial charge in [-0.25, -0.2) is 0 Å². The summed E-state index contributed by atoms with van der Waals surface area (Å²) in [4.78, 5) is 0. The lowest BCUT2D eigenvalue weighted by Crippen LogP contribution is -2.49. The Hall–Kier alpha value is -1.64. The van der Waals surface area contributed by atoms with Gasteiger partial charge < -0.3 is 14.2 Å². The Kier molecular flexibility index (Phi) is 2.75. The van der Waals surface area contributed by atoms with E-state index in [1.54, 1.807) is 14.2 Å². The van der Waals surface area contributed by atoms with Crippen molar-refractivity contribution in [3.63, 3.8) is 0 Å². The van der Waals surface area contributed by atoms with Crippen LogP contribution < -0.4 is 9.47 Å². The summed E-state index contributed by atoms with van der Waals surface area (Å²) in [6.45, 7) is 2.28. The van der Waals surface area contributed by atoms with E-state index < -0.39 is 0 Å². The highest BCUT2D eigenvalue weighted by molar-refractivity contribution is 5.61. The molecule has 112 valence electrons. The van der Waals surface area contributed by atoms with Gasteiger partial charge in [-0.1, -0.05) is 13.0 Å². The summed E-state index contributed by atoms with van der Waals surface area (Å²) >= 11 is 0. The fourth-order valence-corrected chi connectivity index (χ4v) is 4.81. The standard InChI is InChI=1S/C18H22O3/c1-4-18-12-7-5-11-6-9-13(19-2)16(15(11)18)21-17(18)14(20-3)10-8-12/h6,9-10,12,17H,4-5,7-8H2,1-3H3. The van der Waals surface area contributed by atoms with Crippen LogP contribution in [0.5, 0.6) is 11.5 Å². The Morgan fingerprint density at radius 2 is 2.14 bits per heavy atom. The summed E-state index contributed by atoms with van der Waals surface area (Å²) in [5.41, 5.74) is 2.90. The summed E-state index contributed by atoms with van der Waals surface area (Å²) in [5, 5.41) is 0. The SMILES string of the molecule is CCC12c3c4ccc(OC)c3OC1C(OC)=CCC2CC4. The molecule has 3 aliphatic rings. The van der Waals surface area contributed by atoms with E-state index in [4.69, 9.17) is 14.2 Å². The predicted molar refractivity (Wildman–Crippen MR) is 80.9 cm³/mol. The highest BCUT2D eigenvalue weighted by Crippen LogP contribution is 2.61. The van der Waals surface area contributed by atoms with E-state index in [1.165, 1.54) is 17.5 Å². The minimum Gasteiger partial charge on any atom is -0.497 e. The Morgan fingerprint density at radius 1 is 1.29 bits per heavy atom. The van der Waals surface area contributed by atoms with Crippen LogP contribution in [0.15, 0.2) is 24.0 Å². The normalized spacial score (nSPS) is 32.0. The molecule has 3 atom stereocenters. The predicted octanol–water partition coefficient (Wildman–Crippen LogP) is 3.60. The Morgan fingerprint density at radius 3 is 2.86 bits per heavy atom. The first kappa shape index (κ1) is 13.1. The third kappa shape index (κ3) is 1.44. The van der Waals surface area contributed by atoms with Crippen LogP contribution in [0.1, 0.15) is 37.3 Å². The molecule has 1 heterocycles. The average Bonchev–Trinajstić information content (AvgIpc) is 2.90. The van der Waals surface area contributed by atoms with E-state index in [-0.39, 0.29) is 11.5 Å². The molecule has 0 amide bonds. The van der Waals surface area contributed by atoms with Gasteiger partial charge in [0.25, 0.3) is 0 Å². The average molecular weight is 286 g/mol. The quantitative estimate of drug-likeness (QED) is 0.849. The second kappa shape index (κ2) is 4.43. The molecule has 3 unspecified atom stereocenters. The molecule has 0 fully saturated rings. The monoisotopic (exact) mass is 286 g/mol. The minimum absolute atomic E-state index is 0.0107. The fourth-order valence-electron chi connectivity index (χ4n) is 4.81. The minimum atomic E-state index is 0.0107. The molecular formula is C18H22O3. The topological polar surface area (TPSA) is 27.7 Å². The number of rotatable bonds is 3. The maximum atomic E-state index is 6.40. The van der Waals surface area contributed by atoms with Crippen molar-refractivity contribution in [3.05, 3.63) is 35.1 Å². The van der Waals surface area contributed by atoms with Crippen molar-refractivity contribution in [2.24, 2.45) is 5.92 Å². The first-order valence-corrected chi connectivity index (χ1v) is 7.87. The van der Waals surface area contributed by atoms with Gasteiger partial charge in [-0.2, -0.15) is 0 Å². The molecule has 3 heteroatoms. The lowest BCUT2D eigenvalue weighted by atomic mass is 9.57. The molecule has 0 bridgehead atoms. The number of methoxy groups -OCH3 is 2. The van der Waals surface area contributed by atoms with E-state index in [0.717, 1.165) is 36.5 Å². The van der Waals surface area contributed by atoms with E-state index in [0.29, 0.717) is 5.92 Å². The molecule has 4 rings (SSSR count). The van der Waals surface area contributed by atoms with Crippen molar-refractivity contribution in [1.82, 2.24) is 0 Å². The van der Waals surface area contributed by atoms with Crippen molar-refractivity contribution in [2.45, 2.75) is 44.1 Å². The van der Waals surface area contributed by atoms with Crippen LogP contribution >= 0.6 is 0 Å². The van der Waals surface area contributed by atoms with Crippen LogP contribution in [0.2, 0.25) is 0 Å². The number of benzene rings is 1. The van der Waals surface area contributed by atoms with E-state index in [9.17, 15) is 0 Å². The summed E-state index contributed by atoms with van der Waals surface area (Å²) < 4.78 is 17.6. The van der Waals surface area contributed by atoms with Gasteiger partial charge in [0.1, 0.15) is 5.76 Å². The Bertz CT molecular complexity index is 619. The van der Waals surface area contributed by atoms with Gasteiger partial charge in [-0.05, 0) is 49.3 Å². The van der Waals surface area contributed by atoms with Crippen molar-refractivity contribution in [2.75, 3.05) is 14.2 Å². The van der Waals surface area contributed by atoms with Crippen molar-refractivity contribution >= 4 is 0 Å². The zero-order valence-electron chi connectivity index (χ0n) is 12.9. The maximum absolute atomic E-state index is 6.40. The highest BCUT2D eigenvalue weighted by atomic mass is 16.6. The molecular weight excluding hydrogens is 264 g/mol. The van der Waals surface area contributed by atoms with Gasteiger partial charge in [0.05, 0.1) is 14.2 Å². The van der Waals surface area contributed by atoms with Gasteiger partial charge in [0.15, 0.2) is 17.6 Å². The molecule has 3 nitrogen and oxygen atoms in total. The van der Waals surface area contributed by atoms with Gasteiger partial charge in [0.2, 0.25) is 0 Å². The largest absolute Gasteiger partial charge is 0.497 e. The number of hydrogen-bond donors (Lipinski definition) is 0. The van der Waals surface area contributed by atoms with Crippen molar-refractivity contribution in [3.8, 4) is 11.5 Å². The molecule has 1 aromatic carbocycles. The highest BCUT2D eigenvalue weighted by Gasteiger charge is 2.59. The first-order valence-electron chi connectivity index (χ1n) is 7.87. The zero-order valence-corrected chi connectivity index (χ0v) is 12.9. The van der Waals surface area contributed by atoms with Crippen LogP contribution in [0.4, 0.5) is 0 Å². The summed E-state index contributed by atoms with van der Waals surface area (Å²) in [6.07, 6.45) is 6.79. The summed E-state index contributed by atoms with van der Waals surface area (Å²) in [7, 11) is 3.47. The molecule has 0 aromatic heterocycles. The van der Waals surface area contributed by atoms with E-state index >= 15 is 0 Å². The molecule has 21 heavy (non-hydrogen) atoms. The zero-order chi connectivity index (χ0) is 14.6. The number of ether oxygens (including phenoxy) is 3. The maximum Gasteiger partial charge on any atom is 0.166 e. The third-order valence-corrected chi connectivity index (χ3v) is 5.77. The number of allylic oxidation sites excluding steroid dienone is 1. The molecule has 0 spiro atoms. The van der Waals surface area contributed by atoms with Gasteiger partial charge in [0, 0.05) is 11.0 Å². The lowest BCUT2D eigenvalue weighted by molar-refractivity contribution is 0.0506. The molecule has 0 saturated carbocycles. The lowest BCUT2D eigenvalue weighted by Gasteiger charge is -2.46. The number of hydrogen-bond acceptors (Lipinski definition) is 3. The number of aryl methyl sites for hydroxylation is 1. The van der Waals surface area contributed by atoms with Crippen molar-refractivity contribution < 1.29 is 14.2 Å². The molecule has 2 aliphatic carbocycles. The molecule has 1 aromatic rings. The molecule has 1 aliphatic heterocycles. The van der Waals surface area contributed by atoms with Crippen molar-refractivity contribution in [1.29, 1.82) is 0 Å². The molecule has 0 saturated heterocycles. The smallest absolute Gasteiger partial charge is 0.166 e. The second-order valence-electron chi connectivity index (χ2n) is 6.30.